The first kappa shape index (κ1) is 21.2. The normalized spacial score (nSPS) is 16.0. The van der Waals surface area contributed by atoms with Gasteiger partial charge >= 0.3 is 0 Å². The number of carbonyl (C=O) groups is 1. The van der Waals surface area contributed by atoms with Gasteiger partial charge in [-0.3, -0.25) is 14.7 Å². The molecule has 150 valence electrons. The summed E-state index contributed by atoms with van der Waals surface area (Å²) < 4.78 is 5.43. The van der Waals surface area contributed by atoms with Crippen LogP contribution >= 0.6 is 0 Å². The number of aliphatic imine (C=N–C) groups is 1. The summed E-state index contributed by atoms with van der Waals surface area (Å²) in [4.78, 5) is 18.7. The van der Waals surface area contributed by atoms with Crippen LogP contribution in [0.2, 0.25) is 0 Å². The van der Waals surface area contributed by atoms with Crippen LogP contribution in [0.4, 0.5) is 0 Å². The average Bonchev–Trinajstić information content (AvgIpc) is 2.71. The number of morpholine rings is 1. The van der Waals surface area contributed by atoms with Gasteiger partial charge in [0, 0.05) is 50.9 Å². The lowest BCUT2D eigenvalue weighted by Crippen LogP contribution is -2.56. The molecule has 0 aliphatic carbocycles. The van der Waals surface area contributed by atoms with Crippen molar-refractivity contribution in [1.29, 1.82) is 0 Å². The van der Waals surface area contributed by atoms with Gasteiger partial charge in [-0.2, -0.15) is 0 Å². The molecule has 1 aliphatic rings. The molecule has 0 radical (unpaired) electrons. The smallest absolute Gasteiger partial charge is 0.251 e. The fourth-order valence-corrected chi connectivity index (χ4v) is 2.99. The van der Waals surface area contributed by atoms with Crippen molar-refractivity contribution in [1.82, 2.24) is 20.9 Å². The second kappa shape index (κ2) is 10.9. The van der Waals surface area contributed by atoms with Crippen LogP contribution in [0.3, 0.4) is 0 Å². The fourth-order valence-electron chi connectivity index (χ4n) is 2.99. The van der Waals surface area contributed by atoms with Crippen LogP contribution in [0.1, 0.15) is 30.6 Å². The summed E-state index contributed by atoms with van der Waals surface area (Å²) in [6, 6.07) is 9.26. The van der Waals surface area contributed by atoms with E-state index in [0.717, 1.165) is 51.8 Å². The van der Waals surface area contributed by atoms with E-state index in [1.165, 1.54) is 0 Å². The molecule has 0 atom stereocenters. The lowest BCUT2D eigenvalue weighted by atomic mass is 10.0. The second-order valence-corrected chi connectivity index (χ2v) is 7.24. The quantitative estimate of drug-likeness (QED) is 0.360. The molecule has 0 bridgehead atoms. The van der Waals surface area contributed by atoms with Crippen LogP contribution in [0.5, 0.6) is 0 Å². The SMILES string of the molecule is CN=C(NCCCNC(=O)c1ccccc1)NCC(C)(C)N1CCOCC1. The highest BCUT2D eigenvalue weighted by atomic mass is 16.5. The zero-order chi connectivity index (χ0) is 19.5. The van der Waals surface area contributed by atoms with Gasteiger partial charge in [-0.15, -0.1) is 0 Å². The highest BCUT2D eigenvalue weighted by molar-refractivity contribution is 5.94. The lowest BCUT2D eigenvalue weighted by Gasteiger charge is -2.41. The molecule has 7 heteroatoms. The first-order valence-corrected chi connectivity index (χ1v) is 9.63. The van der Waals surface area contributed by atoms with Crippen LogP contribution < -0.4 is 16.0 Å². The Kier molecular flexibility index (Phi) is 8.54. The third kappa shape index (κ3) is 7.19. The Morgan fingerprint density at radius 3 is 2.44 bits per heavy atom. The van der Waals surface area contributed by atoms with Crippen molar-refractivity contribution in [2.45, 2.75) is 25.8 Å². The maximum Gasteiger partial charge on any atom is 0.251 e. The summed E-state index contributed by atoms with van der Waals surface area (Å²) in [6.07, 6.45) is 0.826. The molecular formula is C20H33N5O2. The molecule has 1 aromatic rings. The minimum atomic E-state index is -0.0367. The number of nitrogens with zero attached hydrogens (tertiary/aromatic N) is 2. The number of rotatable bonds is 8. The van der Waals surface area contributed by atoms with Crippen LogP contribution in [0.25, 0.3) is 0 Å². The van der Waals surface area contributed by atoms with Gasteiger partial charge in [0.05, 0.1) is 13.2 Å². The molecule has 1 heterocycles. The molecule has 1 aromatic carbocycles. The predicted molar refractivity (Wildman–Crippen MR) is 109 cm³/mol. The number of hydrogen-bond donors (Lipinski definition) is 3. The highest BCUT2D eigenvalue weighted by Crippen LogP contribution is 2.14. The average molecular weight is 376 g/mol. The van der Waals surface area contributed by atoms with E-state index in [2.05, 4.69) is 39.7 Å². The summed E-state index contributed by atoms with van der Waals surface area (Å²) in [5, 5.41) is 9.64. The number of hydrogen-bond acceptors (Lipinski definition) is 4. The fraction of sp³-hybridized carbons (Fsp3) is 0.600. The summed E-state index contributed by atoms with van der Waals surface area (Å²) in [7, 11) is 1.77. The van der Waals surface area contributed by atoms with Gasteiger partial charge in [-0.05, 0) is 32.4 Å². The van der Waals surface area contributed by atoms with Crippen molar-refractivity contribution >= 4 is 11.9 Å². The van der Waals surface area contributed by atoms with Crippen molar-refractivity contribution < 1.29 is 9.53 Å². The second-order valence-electron chi connectivity index (χ2n) is 7.24. The van der Waals surface area contributed by atoms with E-state index in [-0.39, 0.29) is 11.4 Å². The summed E-state index contributed by atoms with van der Waals surface area (Å²) in [5.41, 5.74) is 0.721. The van der Waals surface area contributed by atoms with Crippen LogP contribution in [0, 0.1) is 0 Å². The molecule has 0 aromatic heterocycles. The Morgan fingerprint density at radius 1 is 1.11 bits per heavy atom. The molecule has 0 unspecified atom stereocenters. The number of benzene rings is 1. The Hall–Kier alpha value is -2.12. The largest absolute Gasteiger partial charge is 0.379 e. The minimum Gasteiger partial charge on any atom is -0.379 e. The molecule has 3 N–H and O–H groups in total. The first-order chi connectivity index (χ1) is 13.0. The molecule has 0 spiro atoms. The van der Waals surface area contributed by atoms with Gasteiger partial charge in [0.15, 0.2) is 5.96 Å². The van der Waals surface area contributed by atoms with Crippen molar-refractivity contribution in [2.24, 2.45) is 4.99 Å². The number of guanidine groups is 1. The van der Waals surface area contributed by atoms with Gasteiger partial charge in [-0.1, -0.05) is 18.2 Å². The van der Waals surface area contributed by atoms with E-state index in [0.29, 0.717) is 12.1 Å². The molecule has 1 aliphatic heterocycles. The Bertz CT molecular complexity index is 598. The monoisotopic (exact) mass is 375 g/mol. The van der Waals surface area contributed by atoms with E-state index in [1.54, 1.807) is 7.05 Å². The summed E-state index contributed by atoms with van der Waals surface area (Å²) in [5.74, 6) is 0.746. The Balaban J connectivity index is 1.63. The van der Waals surface area contributed by atoms with Gasteiger partial charge in [0.2, 0.25) is 0 Å². The topological polar surface area (TPSA) is 78.0 Å². The number of ether oxygens (including phenoxy) is 1. The van der Waals surface area contributed by atoms with Crippen molar-refractivity contribution in [2.75, 3.05) is 53.0 Å². The molecule has 1 fully saturated rings. The number of nitrogens with one attached hydrogen (secondary N) is 3. The van der Waals surface area contributed by atoms with Crippen LogP contribution in [0.15, 0.2) is 35.3 Å². The van der Waals surface area contributed by atoms with Gasteiger partial charge < -0.3 is 20.7 Å². The number of carbonyl (C=O) groups excluding carboxylic acids is 1. The maximum absolute atomic E-state index is 12.0. The van der Waals surface area contributed by atoms with Crippen LogP contribution in [-0.2, 0) is 4.74 Å². The molecule has 2 rings (SSSR count). The zero-order valence-corrected chi connectivity index (χ0v) is 16.8. The van der Waals surface area contributed by atoms with Crippen molar-refractivity contribution in [3.63, 3.8) is 0 Å². The Morgan fingerprint density at radius 2 is 1.78 bits per heavy atom. The van der Waals surface area contributed by atoms with E-state index in [4.69, 9.17) is 4.74 Å². The predicted octanol–water partition coefficient (Wildman–Crippen LogP) is 1.08. The van der Waals surface area contributed by atoms with E-state index < -0.39 is 0 Å². The van der Waals surface area contributed by atoms with Crippen molar-refractivity contribution in [3.8, 4) is 0 Å². The standard InChI is InChI=1S/C20H33N5O2/c1-20(2,25-12-14-27-15-13-25)16-24-19(21-3)23-11-7-10-22-18(26)17-8-5-4-6-9-17/h4-6,8-9H,7,10-16H2,1-3H3,(H,22,26)(H2,21,23,24). The number of amides is 1. The third-order valence-electron chi connectivity index (χ3n) is 4.75. The first-order valence-electron chi connectivity index (χ1n) is 9.63. The molecule has 1 saturated heterocycles. The molecule has 7 nitrogen and oxygen atoms in total. The zero-order valence-electron chi connectivity index (χ0n) is 16.8. The third-order valence-corrected chi connectivity index (χ3v) is 4.75. The van der Waals surface area contributed by atoms with E-state index in [1.807, 2.05) is 30.3 Å². The van der Waals surface area contributed by atoms with Crippen molar-refractivity contribution in [3.05, 3.63) is 35.9 Å². The van der Waals surface area contributed by atoms with Gasteiger partial charge in [-0.25, -0.2) is 0 Å². The molecular weight excluding hydrogens is 342 g/mol. The highest BCUT2D eigenvalue weighted by Gasteiger charge is 2.28. The summed E-state index contributed by atoms with van der Waals surface area (Å²) in [6.45, 7) is 10.1. The van der Waals surface area contributed by atoms with Crippen LogP contribution in [-0.4, -0.2) is 75.3 Å². The molecule has 0 saturated carbocycles. The van der Waals surface area contributed by atoms with E-state index in [9.17, 15) is 4.79 Å². The molecule has 1 amide bonds. The maximum atomic E-state index is 12.0. The lowest BCUT2D eigenvalue weighted by molar-refractivity contribution is -0.00833. The molecule has 27 heavy (non-hydrogen) atoms. The van der Waals surface area contributed by atoms with Gasteiger partial charge in [0.25, 0.3) is 5.91 Å². The summed E-state index contributed by atoms with van der Waals surface area (Å²) >= 11 is 0. The Labute approximate surface area is 162 Å². The van der Waals surface area contributed by atoms with E-state index >= 15 is 0 Å². The minimum absolute atomic E-state index is 0.0328. The van der Waals surface area contributed by atoms with Gasteiger partial charge in [0.1, 0.15) is 0 Å².